The molecule has 1 N–H and O–H groups in total. The van der Waals surface area contributed by atoms with E-state index in [9.17, 15) is 22.0 Å². The summed E-state index contributed by atoms with van der Waals surface area (Å²) in [6, 6.07) is 4.47. The van der Waals surface area contributed by atoms with Crippen LogP contribution in [0.1, 0.15) is 34.0 Å². The zero-order valence-electron chi connectivity index (χ0n) is 17.4. The van der Waals surface area contributed by atoms with Crippen molar-refractivity contribution in [3.63, 3.8) is 0 Å². The van der Waals surface area contributed by atoms with Gasteiger partial charge in [0.1, 0.15) is 11.9 Å². The van der Waals surface area contributed by atoms with Crippen molar-refractivity contribution in [2.45, 2.75) is 25.6 Å². The number of anilines is 1. The van der Waals surface area contributed by atoms with Gasteiger partial charge in [-0.2, -0.15) is 13.2 Å². The van der Waals surface area contributed by atoms with Crippen molar-refractivity contribution in [3.05, 3.63) is 87.1 Å². The van der Waals surface area contributed by atoms with Gasteiger partial charge in [0.25, 0.3) is 0 Å². The zero-order chi connectivity index (χ0) is 24.4. The standard InChI is InChI=1S/C23H15ClF6N4/c1-10-2-3-13(19(27)18(10)26)21-20-12(14-6-15(24)16(25)7-17(14)33-20)4-5-34(21)22-31-8-11(9-32-22)23(28,29)30/h2-3,6-9,21,33H,4-5H2,1H3. The number of rotatable bonds is 2. The fourth-order valence-electron chi connectivity index (χ4n) is 4.31. The van der Waals surface area contributed by atoms with E-state index in [1.54, 1.807) is 0 Å². The number of aromatic amines is 1. The Labute approximate surface area is 194 Å². The Bertz CT molecular complexity index is 1410. The summed E-state index contributed by atoms with van der Waals surface area (Å²) < 4.78 is 82.7. The summed E-state index contributed by atoms with van der Waals surface area (Å²) in [6.07, 6.45) is -2.99. The van der Waals surface area contributed by atoms with E-state index in [2.05, 4.69) is 15.0 Å². The van der Waals surface area contributed by atoms with Gasteiger partial charge in [-0.3, -0.25) is 0 Å². The third-order valence-corrected chi connectivity index (χ3v) is 6.28. The van der Waals surface area contributed by atoms with Crippen LogP contribution in [-0.2, 0) is 12.6 Å². The second-order valence-corrected chi connectivity index (χ2v) is 8.45. The summed E-state index contributed by atoms with van der Waals surface area (Å²) in [5.41, 5.74) is 0.540. The molecule has 4 aromatic rings. The highest BCUT2D eigenvalue weighted by Gasteiger charge is 2.37. The smallest absolute Gasteiger partial charge is 0.356 e. The van der Waals surface area contributed by atoms with Crippen LogP contribution >= 0.6 is 11.6 Å². The molecule has 34 heavy (non-hydrogen) atoms. The molecule has 2 aromatic heterocycles. The van der Waals surface area contributed by atoms with E-state index in [0.717, 1.165) is 0 Å². The van der Waals surface area contributed by atoms with Gasteiger partial charge in [0.2, 0.25) is 5.95 Å². The van der Waals surface area contributed by atoms with Gasteiger partial charge in [-0.25, -0.2) is 23.1 Å². The van der Waals surface area contributed by atoms with Crippen LogP contribution in [0.3, 0.4) is 0 Å². The molecule has 1 atom stereocenters. The number of H-pyrrole nitrogens is 1. The highest BCUT2D eigenvalue weighted by Crippen LogP contribution is 2.42. The van der Waals surface area contributed by atoms with Crippen LogP contribution in [-0.4, -0.2) is 21.5 Å². The number of hydrogen-bond acceptors (Lipinski definition) is 3. The van der Waals surface area contributed by atoms with Gasteiger partial charge in [-0.05, 0) is 36.6 Å². The van der Waals surface area contributed by atoms with Crippen LogP contribution in [0, 0.1) is 24.4 Å². The lowest BCUT2D eigenvalue weighted by Gasteiger charge is -2.36. The Morgan fingerprint density at radius 1 is 1.06 bits per heavy atom. The summed E-state index contributed by atoms with van der Waals surface area (Å²) in [5.74, 6) is -2.88. The Kier molecular flexibility index (Phi) is 5.23. The SMILES string of the molecule is Cc1ccc(C2c3[nH]c4cc(F)c(Cl)cc4c3CCN2c2ncc(C(F)(F)F)cn2)c(F)c1F. The predicted octanol–water partition coefficient (Wildman–Crippen LogP) is 6.51. The van der Waals surface area contributed by atoms with Crippen molar-refractivity contribution in [1.82, 2.24) is 15.0 Å². The lowest BCUT2D eigenvalue weighted by atomic mass is 9.91. The molecule has 2 aromatic carbocycles. The third-order valence-electron chi connectivity index (χ3n) is 5.99. The normalized spacial score (nSPS) is 16.2. The van der Waals surface area contributed by atoms with E-state index in [1.807, 2.05) is 0 Å². The van der Waals surface area contributed by atoms with Crippen LogP contribution in [0.25, 0.3) is 10.9 Å². The molecule has 1 aliphatic heterocycles. The second kappa shape index (κ2) is 7.90. The highest BCUT2D eigenvalue weighted by atomic mass is 35.5. The minimum atomic E-state index is -4.63. The molecule has 11 heteroatoms. The quantitative estimate of drug-likeness (QED) is 0.322. The van der Waals surface area contributed by atoms with Crippen LogP contribution in [0.15, 0.2) is 36.7 Å². The first-order valence-corrected chi connectivity index (χ1v) is 10.5. The number of fused-ring (bicyclic) bond motifs is 3. The maximum Gasteiger partial charge on any atom is 0.419 e. The Balaban J connectivity index is 1.71. The lowest BCUT2D eigenvalue weighted by Crippen LogP contribution is -2.38. The van der Waals surface area contributed by atoms with Crippen molar-refractivity contribution in [2.24, 2.45) is 0 Å². The largest absolute Gasteiger partial charge is 0.419 e. The molecule has 0 saturated carbocycles. The zero-order valence-corrected chi connectivity index (χ0v) is 18.2. The van der Waals surface area contributed by atoms with Gasteiger partial charge in [-0.1, -0.05) is 23.7 Å². The number of nitrogens with zero attached hydrogens (tertiary/aromatic N) is 3. The van der Waals surface area contributed by atoms with E-state index >= 15 is 4.39 Å². The molecular formula is C23H15ClF6N4. The molecule has 5 rings (SSSR count). The van der Waals surface area contributed by atoms with E-state index in [-0.39, 0.29) is 28.6 Å². The summed E-state index contributed by atoms with van der Waals surface area (Å²) in [5, 5.41) is 0.527. The molecule has 4 nitrogen and oxygen atoms in total. The average molecular weight is 497 g/mol. The van der Waals surface area contributed by atoms with E-state index < -0.39 is 35.2 Å². The first-order chi connectivity index (χ1) is 16.1. The van der Waals surface area contributed by atoms with Crippen molar-refractivity contribution < 1.29 is 26.3 Å². The van der Waals surface area contributed by atoms with E-state index in [1.165, 1.54) is 36.1 Å². The summed E-state index contributed by atoms with van der Waals surface area (Å²) >= 11 is 5.96. The summed E-state index contributed by atoms with van der Waals surface area (Å²) in [6.45, 7) is 1.60. The molecule has 176 valence electrons. The first kappa shape index (κ1) is 22.5. The summed E-state index contributed by atoms with van der Waals surface area (Å²) in [4.78, 5) is 12.3. The molecule has 0 aliphatic carbocycles. The highest BCUT2D eigenvalue weighted by molar-refractivity contribution is 6.31. The minimum Gasteiger partial charge on any atom is -0.356 e. The van der Waals surface area contributed by atoms with Crippen LogP contribution in [0.4, 0.5) is 32.3 Å². The van der Waals surface area contributed by atoms with Gasteiger partial charge in [0.15, 0.2) is 11.6 Å². The average Bonchev–Trinajstić information content (AvgIpc) is 3.14. The number of nitrogens with one attached hydrogen (secondary N) is 1. The van der Waals surface area contributed by atoms with Crippen molar-refractivity contribution >= 4 is 28.5 Å². The molecule has 0 amide bonds. The number of aryl methyl sites for hydroxylation is 1. The maximum atomic E-state index is 15.1. The molecule has 0 fully saturated rings. The summed E-state index contributed by atoms with van der Waals surface area (Å²) in [7, 11) is 0. The van der Waals surface area contributed by atoms with Crippen molar-refractivity contribution in [3.8, 4) is 0 Å². The van der Waals surface area contributed by atoms with Gasteiger partial charge in [0.05, 0.1) is 10.6 Å². The second-order valence-electron chi connectivity index (χ2n) is 8.04. The molecule has 0 saturated heterocycles. The lowest BCUT2D eigenvalue weighted by molar-refractivity contribution is -0.138. The fourth-order valence-corrected chi connectivity index (χ4v) is 4.48. The monoisotopic (exact) mass is 496 g/mol. The van der Waals surface area contributed by atoms with Gasteiger partial charge < -0.3 is 9.88 Å². The van der Waals surface area contributed by atoms with Crippen LogP contribution in [0.5, 0.6) is 0 Å². The molecule has 0 spiro atoms. The number of alkyl halides is 3. The number of aromatic nitrogens is 3. The molecule has 3 heterocycles. The molecule has 1 aliphatic rings. The molecule has 0 bridgehead atoms. The van der Waals surface area contributed by atoms with Crippen molar-refractivity contribution in [1.29, 1.82) is 0 Å². The van der Waals surface area contributed by atoms with Crippen LogP contribution in [0.2, 0.25) is 5.02 Å². The first-order valence-electron chi connectivity index (χ1n) is 10.2. The van der Waals surface area contributed by atoms with Gasteiger partial charge in [-0.15, -0.1) is 0 Å². The van der Waals surface area contributed by atoms with E-state index in [4.69, 9.17) is 11.6 Å². The predicted molar refractivity (Wildman–Crippen MR) is 114 cm³/mol. The molecule has 0 radical (unpaired) electrons. The molecule has 1 unspecified atom stereocenters. The Hall–Kier alpha value is -3.27. The third kappa shape index (κ3) is 3.56. The Morgan fingerprint density at radius 2 is 1.76 bits per heavy atom. The Morgan fingerprint density at radius 3 is 2.44 bits per heavy atom. The van der Waals surface area contributed by atoms with Gasteiger partial charge >= 0.3 is 6.18 Å². The number of halogens is 7. The fraction of sp³-hybridized carbons (Fsp3) is 0.217. The number of benzene rings is 2. The topological polar surface area (TPSA) is 44.8 Å². The number of hydrogen-bond donors (Lipinski definition) is 1. The van der Waals surface area contributed by atoms with Gasteiger partial charge in [0, 0.05) is 41.1 Å². The maximum absolute atomic E-state index is 15.1. The van der Waals surface area contributed by atoms with Crippen molar-refractivity contribution in [2.75, 3.05) is 11.4 Å². The molecular weight excluding hydrogens is 482 g/mol. The van der Waals surface area contributed by atoms with Crippen LogP contribution < -0.4 is 4.90 Å². The van der Waals surface area contributed by atoms with E-state index in [0.29, 0.717) is 41.0 Å². The minimum absolute atomic E-state index is 0.0642.